The van der Waals surface area contributed by atoms with Crippen LogP contribution in [0.25, 0.3) is 0 Å². The van der Waals surface area contributed by atoms with Crippen LogP contribution in [-0.4, -0.2) is 56.8 Å². The number of carbonyl (C=O) groups is 1. The Morgan fingerprint density at radius 3 is 2.45 bits per heavy atom. The Bertz CT molecular complexity index is 1060. The molecule has 0 aliphatic carbocycles. The van der Waals surface area contributed by atoms with Crippen LogP contribution >= 0.6 is 11.6 Å². The molecule has 1 aliphatic rings. The van der Waals surface area contributed by atoms with Gasteiger partial charge in [-0.05, 0) is 49.2 Å². The van der Waals surface area contributed by atoms with Crippen molar-refractivity contribution in [1.29, 1.82) is 5.26 Å². The summed E-state index contributed by atoms with van der Waals surface area (Å²) in [5.74, 6) is 0.335. The van der Waals surface area contributed by atoms with Gasteiger partial charge in [0.25, 0.3) is 0 Å². The number of amides is 1. The Balaban J connectivity index is 1.50. The number of sulfonamides is 1. The van der Waals surface area contributed by atoms with Gasteiger partial charge in [0, 0.05) is 26.1 Å². The summed E-state index contributed by atoms with van der Waals surface area (Å²) in [5, 5.41) is 9.39. The van der Waals surface area contributed by atoms with Crippen LogP contribution in [0.1, 0.15) is 18.4 Å². The number of likely N-dealkylation sites (N-methyl/N-ethyl adjacent to an activating group) is 1. The molecule has 0 unspecified atom stereocenters. The molecule has 164 valence electrons. The largest absolute Gasteiger partial charge is 0.490 e. The SMILES string of the molecule is CN(CCOc1ccccc1Cl)C(=O)C1CCN(S(=O)(=O)c2ccc(C#N)cc2)CC1. The first-order valence-electron chi connectivity index (χ1n) is 9.95. The number of benzene rings is 2. The number of ether oxygens (including phenoxy) is 1. The highest BCUT2D eigenvalue weighted by atomic mass is 35.5. The van der Waals surface area contributed by atoms with E-state index in [1.807, 2.05) is 18.2 Å². The molecule has 1 amide bonds. The molecule has 9 heteroatoms. The maximum absolute atomic E-state index is 12.8. The summed E-state index contributed by atoms with van der Waals surface area (Å²) >= 11 is 6.06. The van der Waals surface area contributed by atoms with Crippen LogP contribution in [-0.2, 0) is 14.8 Å². The summed E-state index contributed by atoms with van der Waals surface area (Å²) in [4.78, 5) is 14.5. The summed E-state index contributed by atoms with van der Waals surface area (Å²) in [7, 11) is -1.92. The van der Waals surface area contributed by atoms with E-state index in [4.69, 9.17) is 21.6 Å². The van der Waals surface area contributed by atoms with Crippen molar-refractivity contribution in [3.05, 3.63) is 59.1 Å². The maximum atomic E-state index is 12.8. The number of halogens is 1. The zero-order chi connectivity index (χ0) is 22.4. The van der Waals surface area contributed by atoms with E-state index in [1.54, 1.807) is 24.1 Å². The number of nitrogens with zero attached hydrogens (tertiary/aromatic N) is 3. The minimum atomic E-state index is -3.64. The highest BCUT2D eigenvalue weighted by Gasteiger charge is 2.33. The van der Waals surface area contributed by atoms with E-state index in [1.165, 1.54) is 28.6 Å². The molecular formula is C22H24ClN3O4S. The van der Waals surface area contributed by atoms with Crippen molar-refractivity contribution < 1.29 is 17.9 Å². The molecular weight excluding hydrogens is 438 g/mol. The summed E-state index contributed by atoms with van der Waals surface area (Å²) < 4.78 is 32.7. The lowest BCUT2D eigenvalue weighted by Gasteiger charge is -2.32. The van der Waals surface area contributed by atoms with Crippen LogP contribution in [0, 0.1) is 17.2 Å². The number of hydrogen-bond donors (Lipinski definition) is 0. The van der Waals surface area contributed by atoms with E-state index in [9.17, 15) is 13.2 Å². The standard InChI is InChI=1S/C22H24ClN3O4S/c1-25(14-15-30-21-5-3-2-4-20(21)23)22(27)18-10-12-26(13-11-18)31(28,29)19-8-6-17(16-24)7-9-19/h2-9,18H,10-15H2,1H3. The topological polar surface area (TPSA) is 90.7 Å². The third kappa shape index (κ3) is 5.56. The lowest BCUT2D eigenvalue weighted by molar-refractivity contribution is -0.135. The van der Waals surface area contributed by atoms with Gasteiger partial charge < -0.3 is 9.64 Å². The highest BCUT2D eigenvalue weighted by molar-refractivity contribution is 7.89. The van der Waals surface area contributed by atoms with E-state index < -0.39 is 10.0 Å². The number of carbonyl (C=O) groups excluding carboxylic acids is 1. The van der Waals surface area contributed by atoms with E-state index >= 15 is 0 Å². The van der Waals surface area contributed by atoms with Gasteiger partial charge in [0.15, 0.2) is 0 Å². The lowest BCUT2D eigenvalue weighted by atomic mass is 9.97. The van der Waals surface area contributed by atoms with Gasteiger partial charge in [0.05, 0.1) is 28.1 Å². The minimum Gasteiger partial charge on any atom is -0.490 e. The second-order valence-corrected chi connectivity index (χ2v) is 9.70. The Morgan fingerprint density at radius 1 is 1.19 bits per heavy atom. The number of para-hydroxylation sites is 1. The predicted octanol–water partition coefficient (Wildman–Crippen LogP) is 3.15. The van der Waals surface area contributed by atoms with Crippen molar-refractivity contribution in [2.75, 3.05) is 33.3 Å². The molecule has 0 atom stereocenters. The van der Waals surface area contributed by atoms with Crippen LogP contribution in [0.2, 0.25) is 5.02 Å². The van der Waals surface area contributed by atoms with Crippen LogP contribution in [0.3, 0.4) is 0 Å². The molecule has 3 rings (SSSR count). The van der Waals surface area contributed by atoms with Crippen LogP contribution in [0.4, 0.5) is 0 Å². The number of nitriles is 1. The summed E-state index contributed by atoms with van der Waals surface area (Å²) in [6, 6.07) is 15.0. The first kappa shape index (κ1) is 23.1. The van der Waals surface area contributed by atoms with E-state index in [0.29, 0.717) is 42.3 Å². The van der Waals surface area contributed by atoms with Crippen LogP contribution < -0.4 is 4.74 Å². The maximum Gasteiger partial charge on any atom is 0.243 e. The van der Waals surface area contributed by atoms with Crippen LogP contribution in [0.15, 0.2) is 53.4 Å². The molecule has 1 fully saturated rings. The van der Waals surface area contributed by atoms with Gasteiger partial charge in [-0.15, -0.1) is 0 Å². The van der Waals surface area contributed by atoms with E-state index in [2.05, 4.69) is 0 Å². The Labute approximate surface area is 187 Å². The first-order chi connectivity index (χ1) is 14.8. The zero-order valence-corrected chi connectivity index (χ0v) is 18.8. The number of piperidine rings is 1. The monoisotopic (exact) mass is 461 g/mol. The molecule has 0 N–H and O–H groups in total. The van der Waals surface area contributed by atoms with Crippen LogP contribution in [0.5, 0.6) is 5.75 Å². The predicted molar refractivity (Wildman–Crippen MR) is 117 cm³/mol. The van der Waals surface area contributed by atoms with E-state index in [-0.39, 0.29) is 29.8 Å². The molecule has 31 heavy (non-hydrogen) atoms. The minimum absolute atomic E-state index is 0.0156. The summed E-state index contributed by atoms with van der Waals surface area (Å²) in [6.45, 7) is 1.29. The van der Waals surface area contributed by atoms with Gasteiger partial charge in [-0.3, -0.25) is 4.79 Å². The zero-order valence-electron chi connectivity index (χ0n) is 17.2. The molecule has 7 nitrogen and oxygen atoms in total. The Kier molecular flexibility index (Phi) is 7.55. The van der Waals surface area contributed by atoms with Gasteiger partial charge in [-0.25, -0.2) is 8.42 Å². The Hall–Kier alpha value is -2.60. The molecule has 0 radical (unpaired) electrons. The highest BCUT2D eigenvalue weighted by Crippen LogP contribution is 2.26. The summed E-state index contributed by atoms with van der Waals surface area (Å²) in [5.41, 5.74) is 0.407. The second-order valence-electron chi connectivity index (χ2n) is 7.35. The normalized spacial score (nSPS) is 15.3. The quantitative estimate of drug-likeness (QED) is 0.631. The Morgan fingerprint density at radius 2 is 1.84 bits per heavy atom. The summed E-state index contributed by atoms with van der Waals surface area (Å²) in [6.07, 6.45) is 0.925. The number of hydrogen-bond acceptors (Lipinski definition) is 5. The average Bonchev–Trinajstić information content (AvgIpc) is 2.80. The van der Waals surface area contributed by atoms with Crippen molar-refractivity contribution >= 4 is 27.5 Å². The van der Waals surface area contributed by atoms with Crippen molar-refractivity contribution in [1.82, 2.24) is 9.21 Å². The fraction of sp³-hybridized carbons (Fsp3) is 0.364. The van der Waals surface area contributed by atoms with E-state index in [0.717, 1.165) is 0 Å². The fourth-order valence-corrected chi connectivity index (χ4v) is 5.13. The second kappa shape index (κ2) is 10.1. The molecule has 0 saturated carbocycles. The van der Waals surface area contributed by atoms with Gasteiger partial charge >= 0.3 is 0 Å². The molecule has 0 spiro atoms. The lowest BCUT2D eigenvalue weighted by Crippen LogP contribution is -2.44. The smallest absolute Gasteiger partial charge is 0.243 e. The molecule has 2 aromatic rings. The van der Waals surface area contributed by atoms with Gasteiger partial charge in [-0.1, -0.05) is 23.7 Å². The average molecular weight is 462 g/mol. The van der Waals surface area contributed by atoms with Gasteiger partial charge in [-0.2, -0.15) is 9.57 Å². The molecule has 0 bridgehead atoms. The molecule has 2 aromatic carbocycles. The fourth-order valence-electron chi connectivity index (χ4n) is 3.47. The third-order valence-corrected chi connectivity index (χ3v) is 7.55. The molecule has 1 aliphatic heterocycles. The van der Waals surface area contributed by atoms with Crippen molar-refractivity contribution in [2.24, 2.45) is 5.92 Å². The number of rotatable bonds is 7. The van der Waals surface area contributed by atoms with Gasteiger partial charge in [0.1, 0.15) is 12.4 Å². The third-order valence-electron chi connectivity index (χ3n) is 5.32. The van der Waals surface area contributed by atoms with Gasteiger partial charge in [0.2, 0.25) is 15.9 Å². The van der Waals surface area contributed by atoms with Crippen molar-refractivity contribution in [3.8, 4) is 11.8 Å². The molecule has 1 heterocycles. The van der Waals surface area contributed by atoms with Crippen molar-refractivity contribution in [2.45, 2.75) is 17.7 Å². The molecule has 0 aromatic heterocycles. The van der Waals surface area contributed by atoms with Crippen molar-refractivity contribution in [3.63, 3.8) is 0 Å². The molecule has 1 saturated heterocycles. The first-order valence-corrected chi connectivity index (χ1v) is 11.8.